The largest absolute Gasteiger partial charge is 0.368 e. The fourth-order valence-corrected chi connectivity index (χ4v) is 2.36. The average Bonchev–Trinajstić information content (AvgIpc) is 2.63. The van der Waals surface area contributed by atoms with Gasteiger partial charge in [-0.3, -0.25) is 14.2 Å². The summed E-state index contributed by atoms with van der Waals surface area (Å²) in [7, 11) is 0. The molecule has 3 rings (SSSR count). The molecule has 0 aliphatic carbocycles. The molecule has 25 heavy (non-hydrogen) atoms. The van der Waals surface area contributed by atoms with E-state index in [0.717, 1.165) is 5.56 Å². The lowest BCUT2D eigenvalue weighted by atomic mass is 10.2. The van der Waals surface area contributed by atoms with Gasteiger partial charge < -0.3 is 11.1 Å². The SMILES string of the molecule is NC(=O)C=Cc1ccc(NCCn2cnc3ccccc3c2=O)nc1. The van der Waals surface area contributed by atoms with Crippen molar-refractivity contribution in [2.24, 2.45) is 5.73 Å². The molecule has 0 saturated heterocycles. The second-order valence-electron chi connectivity index (χ2n) is 5.40. The van der Waals surface area contributed by atoms with E-state index < -0.39 is 5.91 Å². The second-order valence-corrected chi connectivity index (χ2v) is 5.40. The number of hydrogen-bond donors (Lipinski definition) is 2. The minimum atomic E-state index is -0.503. The van der Waals surface area contributed by atoms with E-state index in [1.807, 2.05) is 24.3 Å². The monoisotopic (exact) mass is 335 g/mol. The van der Waals surface area contributed by atoms with Crippen molar-refractivity contribution in [3.05, 3.63) is 70.9 Å². The van der Waals surface area contributed by atoms with Crippen LogP contribution in [0.2, 0.25) is 0 Å². The van der Waals surface area contributed by atoms with Gasteiger partial charge in [0.1, 0.15) is 5.82 Å². The zero-order chi connectivity index (χ0) is 17.6. The Morgan fingerprint density at radius 2 is 2.04 bits per heavy atom. The van der Waals surface area contributed by atoms with Gasteiger partial charge in [0.25, 0.3) is 5.56 Å². The average molecular weight is 335 g/mol. The van der Waals surface area contributed by atoms with Crippen LogP contribution < -0.4 is 16.6 Å². The highest BCUT2D eigenvalue weighted by Crippen LogP contribution is 2.07. The fraction of sp³-hybridized carbons (Fsp3) is 0.111. The minimum absolute atomic E-state index is 0.0627. The molecule has 0 atom stereocenters. The van der Waals surface area contributed by atoms with Gasteiger partial charge in [0.15, 0.2) is 0 Å². The first-order valence-corrected chi connectivity index (χ1v) is 7.75. The number of fused-ring (bicyclic) bond motifs is 1. The quantitative estimate of drug-likeness (QED) is 0.663. The fourth-order valence-electron chi connectivity index (χ4n) is 2.36. The van der Waals surface area contributed by atoms with Crippen LogP contribution in [0.1, 0.15) is 5.56 Å². The maximum atomic E-state index is 12.4. The molecule has 0 unspecified atom stereocenters. The highest BCUT2D eigenvalue weighted by Gasteiger charge is 2.03. The molecule has 0 aliphatic rings. The number of anilines is 1. The lowest BCUT2D eigenvalue weighted by molar-refractivity contribution is -0.113. The van der Waals surface area contributed by atoms with Crippen molar-refractivity contribution in [1.29, 1.82) is 0 Å². The van der Waals surface area contributed by atoms with E-state index in [1.165, 1.54) is 6.08 Å². The van der Waals surface area contributed by atoms with Crippen molar-refractivity contribution < 1.29 is 4.79 Å². The topological polar surface area (TPSA) is 103 Å². The number of nitrogens with two attached hydrogens (primary N) is 1. The van der Waals surface area contributed by atoms with Crippen LogP contribution in [-0.2, 0) is 11.3 Å². The smallest absolute Gasteiger partial charge is 0.261 e. The molecule has 7 heteroatoms. The Morgan fingerprint density at radius 1 is 1.20 bits per heavy atom. The van der Waals surface area contributed by atoms with Crippen molar-refractivity contribution in [3.8, 4) is 0 Å². The Hall–Kier alpha value is -3.48. The van der Waals surface area contributed by atoms with Crippen molar-refractivity contribution in [3.63, 3.8) is 0 Å². The Balaban J connectivity index is 1.62. The lowest BCUT2D eigenvalue weighted by Crippen LogP contribution is -2.24. The Bertz CT molecular complexity index is 977. The van der Waals surface area contributed by atoms with Crippen LogP contribution in [0.4, 0.5) is 5.82 Å². The molecule has 0 bridgehead atoms. The third-order valence-corrected chi connectivity index (χ3v) is 3.62. The Morgan fingerprint density at radius 3 is 2.80 bits per heavy atom. The summed E-state index contributed by atoms with van der Waals surface area (Å²) in [5.74, 6) is 0.176. The van der Waals surface area contributed by atoms with E-state index in [-0.39, 0.29) is 5.56 Å². The maximum Gasteiger partial charge on any atom is 0.261 e. The third-order valence-electron chi connectivity index (χ3n) is 3.62. The molecule has 0 saturated carbocycles. The van der Waals surface area contributed by atoms with Crippen LogP contribution in [0, 0.1) is 0 Å². The number of carbonyl (C=O) groups excluding carboxylic acids is 1. The first-order valence-electron chi connectivity index (χ1n) is 7.75. The molecule has 3 aromatic rings. The molecule has 126 valence electrons. The van der Waals surface area contributed by atoms with Crippen LogP contribution in [0.5, 0.6) is 0 Å². The van der Waals surface area contributed by atoms with Crippen molar-refractivity contribution >= 4 is 28.7 Å². The summed E-state index contributed by atoms with van der Waals surface area (Å²) in [6, 6.07) is 10.9. The standard InChI is InChI=1S/C18H17N5O2/c19-16(24)7-5-13-6-8-17(21-11-13)20-9-10-23-12-22-15-4-2-1-3-14(15)18(23)25/h1-8,11-12H,9-10H2,(H2,19,24)(H,20,21). The number of nitrogens with zero attached hydrogens (tertiary/aromatic N) is 3. The van der Waals surface area contributed by atoms with Crippen LogP contribution in [0.3, 0.4) is 0 Å². The summed E-state index contributed by atoms with van der Waals surface area (Å²) >= 11 is 0. The van der Waals surface area contributed by atoms with Crippen molar-refractivity contribution in [2.45, 2.75) is 6.54 Å². The maximum absolute atomic E-state index is 12.4. The molecular weight excluding hydrogens is 318 g/mol. The predicted octanol–water partition coefficient (Wildman–Crippen LogP) is 1.40. The summed E-state index contributed by atoms with van der Waals surface area (Å²) in [6.07, 6.45) is 6.06. The van der Waals surface area contributed by atoms with Gasteiger partial charge in [-0.2, -0.15) is 0 Å². The molecule has 3 N–H and O–H groups in total. The summed E-state index contributed by atoms with van der Waals surface area (Å²) in [4.78, 5) is 31.6. The molecule has 2 aromatic heterocycles. The summed E-state index contributed by atoms with van der Waals surface area (Å²) in [5.41, 5.74) is 6.45. The number of nitrogens with one attached hydrogen (secondary N) is 1. The third kappa shape index (κ3) is 4.08. The minimum Gasteiger partial charge on any atom is -0.368 e. The van der Waals surface area contributed by atoms with Crippen LogP contribution in [0.15, 0.2) is 59.8 Å². The molecular formula is C18H17N5O2. The molecule has 0 fully saturated rings. The van der Waals surface area contributed by atoms with Gasteiger partial charge in [-0.25, -0.2) is 9.97 Å². The van der Waals surface area contributed by atoms with Gasteiger partial charge in [-0.1, -0.05) is 12.1 Å². The molecule has 7 nitrogen and oxygen atoms in total. The van der Waals surface area contributed by atoms with Crippen LogP contribution >= 0.6 is 0 Å². The highest BCUT2D eigenvalue weighted by molar-refractivity contribution is 5.90. The lowest BCUT2D eigenvalue weighted by Gasteiger charge is -2.08. The molecule has 1 aromatic carbocycles. The van der Waals surface area contributed by atoms with Gasteiger partial charge in [-0.15, -0.1) is 0 Å². The zero-order valence-electron chi connectivity index (χ0n) is 13.4. The second kappa shape index (κ2) is 7.39. The summed E-state index contributed by atoms with van der Waals surface area (Å²) in [5, 5.41) is 3.75. The molecule has 2 heterocycles. The van der Waals surface area contributed by atoms with Crippen molar-refractivity contribution in [1.82, 2.24) is 14.5 Å². The Kier molecular flexibility index (Phi) is 4.84. The van der Waals surface area contributed by atoms with Crippen LogP contribution in [0.25, 0.3) is 17.0 Å². The zero-order valence-corrected chi connectivity index (χ0v) is 13.4. The molecule has 0 spiro atoms. The first-order chi connectivity index (χ1) is 12.1. The molecule has 1 amide bonds. The number of amides is 1. The van der Waals surface area contributed by atoms with Crippen LogP contribution in [-0.4, -0.2) is 27.0 Å². The summed E-state index contributed by atoms with van der Waals surface area (Å²) < 4.78 is 1.57. The number of hydrogen-bond acceptors (Lipinski definition) is 5. The predicted molar refractivity (Wildman–Crippen MR) is 97.0 cm³/mol. The molecule has 0 radical (unpaired) electrons. The van der Waals surface area contributed by atoms with E-state index in [1.54, 1.807) is 35.3 Å². The number of primary amides is 1. The summed E-state index contributed by atoms with van der Waals surface area (Å²) in [6.45, 7) is 1.01. The van der Waals surface area contributed by atoms with Gasteiger partial charge in [0.05, 0.1) is 17.2 Å². The number of pyridine rings is 1. The van der Waals surface area contributed by atoms with E-state index in [9.17, 15) is 9.59 Å². The number of aromatic nitrogens is 3. The highest BCUT2D eigenvalue weighted by atomic mass is 16.1. The van der Waals surface area contributed by atoms with E-state index in [2.05, 4.69) is 15.3 Å². The van der Waals surface area contributed by atoms with E-state index >= 15 is 0 Å². The van der Waals surface area contributed by atoms with Gasteiger partial charge in [0, 0.05) is 25.4 Å². The molecule has 0 aliphatic heterocycles. The number of benzene rings is 1. The number of carbonyl (C=O) groups is 1. The van der Waals surface area contributed by atoms with Gasteiger partial charge in [0.2, 0.25) is 5.91 Å². The number of rotatable bonds is 6. The van der Waals surface area contributed by atoms with Gasteiger partial charge >= 0.3 is 0 Å². The Labute approximate surface area is 143 Å². The van der Waals surface area contributed by atoms with E-state index in [0.29, 0.717) is 29.8 Å². The normalized spacial score (nSPS) is 11.0. The first kappa shape index (κ1) is 16.4. The van der Waals surface area contributed by atoms with E-state index in [4.69, 9.17) is 5.73 Å². The van der Waals surface area contributed by atoms with Gasteiger partial charge in [-0.05, 0) is 35.9 Å². The van der Waals surface area contributed by atoms with Crippen molar-refractivity contribution in [2.75, 3.05) is 11.9 Å². The number of para-hydroxylation sites is 1.